The first-order valence-electron chi connectivity index (χ1n) is 9.06. The van der Waals surface area contributed by atoms with Crippen LogP contribution in [-0.2, 0) is 9.47 Å². The molecular weight excluding hydrogens is 292 g/mol. The SMILES string of the molecule is CN=C(NCCCOCC1CCOC1)NCC1CCN(C)CC1. The van der Waals surface area contributed by atoms with Gasteiger partial charge in [-0.05, 0) is 51.7 Å². The zero-order valence-electron chi connectivity index (χ0n) is 14.9. The highest BCUT2D eigenvalue weighted by Crippen LogP contribution is 2.14. The Morgan fingerprint density at radius 1 is 1.22 bits per heavy atom. The van der Waals surface area contributed by atoms with E-state index in [2.05, 4.69) is 27.6 Å². The van der Waals surface area contributed by atoms with Crippen molar-refractivity contribution in [2.24, 2.45) is 16.8 Å². The number of rotatable bonds is 8. The first-order chi connectivity index (χ1) is 11.3. The average molecular weight is 326 g/mol. The Hall–Kier alpha value is -0.850. The molecule has 23 heavy (non-hydrogen) atoms. The summed E-state index contributed by atoms with van der Waals surface area (Å²) in [5.74, 6) is 2.28. The van der Waals surface area contributed by atoms with Crippen LogP contribution in [0.25, 0.3) is 0 Å². The Bertz CT molecular complexity index is 337. The number of hydrogen-bond acceptors (Lipinski definition) is 4. The second-order valence-corrected chi connectivity index (χ2v) is 6.78. The molecule has 2 fully saturated rings. The summed E-state index contributed by atoms with van der Waals surface area (Å²) in [5, 5.41) is 6.82. The fourth-order valence-corrected chi connectivity index (χ4v) is 3.07. The van der Waals surface area contributed by atoms with Crippen LogP contribution in [0, 0.1) is 11.8 Å². The molecule has 0 amide bonds. The molecule has 0 spiro atoms. The van der Waals surface area contributed by atoms with Crippen molar-refractivity contribution in [3.63, 3.8) is 0 Å². The first kappa shape index (κ1) is 18.5. The molecule has 134 valence electrons. The van der Waals surface area contributed by atoms with E-state index in [1.165, 1.54) is 25.9 Å². The molecule has 0 aromatic carbocycles. The number of nitrogens with zero attached hydrogens (tertiary/aromatic N) is 2. The van der Waals surface area contributed by atoms with Crippen LogP contribution in [-0.4, -0.2) is 77.6 Å². The second kappa shape index (κ2) is 10.8. The monoisotopic (exact) mass is 326 g/mol. The number of guanidine groups is 1. The molecule has 2 aliphatic rings. The predicted octanol–water partition coefficient (Wildman–Crippen LogP) is 0.936. The van der Waals surface area contributed by atoms with Gasteiger partial charge in [-0.25, -0.2) is 0 Å². The van der Waals surface area contributed by atoms with Gasteiger partial charge in [0.1, 0.15) is 0 Å². The van der Waals surface area contributed by atoms with Gasteiger partial charge in [0.2, 0.25) is 0 Å². The largest absolute Gasteiger partial charge is 0.381 e. The highest BCUT2D eigenvalue weighted by molar-refractivity contribution is 5.79. The Morgan fingerprint density at radius 2 is 2.04 bits per heavy atom. The Morgan fingerprint density at radius 3 is 2.74 bits per heavy atom. The third-order valence-corrected chi connectivity index (χ3v) is 4.76. The number of likely N-dealkylation sites (tertiary alicyclic amines) is 1. The summed E-state index contributed by atoms with van der Waals surface area (Å²) in [6.07, 6.45) is 4.70. The third-order valence-electron chi connectivity index (χ3n) is 4.76. The van der Waals surface area contributed by atoms with Crippen molar-refractivity contribution in [2.45, 2.75) is 25.7 Å². The van der Waals surface area contributed by atoms with E-state index in [-0.39, 0.29) is 0 Å². The van der Waals surface area contributed by atoms with Crippen LogP contribution in [0.15, 0.2) is 4.99 Å². The van der Waals surface area contributed by atoms with E-state index in [4.69, 9.17) is 9.47 Å². The number of nitrogens with one attached hydrogen (secondary N) is 2. The second-order valence-electron chi connectivity index (χ2n) is 6.78. The summed E-state index contributed by atoms with van der Waals surface area (Å²) >= 11 is 0. The zero-order chi connectivity index (χ0) is 16.3. The van der Waals surface area contributed by atoms with E-state index in [1.807, 2.05) is 7.05 Å². The molecule has 0 radical (unpaired) electrons. The summed E-state index contributed by atoms with van der Waals surface area (Å²) in [7, 11) is 4.03. The molecular formula is C17H34N4O2. The topological polar surface area (TPSA) is 58.1 Å². The van der Waals surface area contributed by atoms with Crippen LogP contribution in [0.3, 0.4) is 0 Å². The molecule has 0 aliphatic carbocycles. The van der Waals surface area contributed by atoms with Gasteiger partial charge in [-0.1, -0.05) is 0 Å². The minimum atomic E-state index is 0.604. The highest BCUT2D eigenvalue weighted by atomic mass is 16.5. The molecule has 6 heteroatoms. The van der Waals surface area contributed by atoms with Crippen LogP contribution in [0.2, 0.25) is 0 Å². The minimum absolute atomic E-state index is 0.604. The fourth-order valence-electron chi connectivity index (χ4n) is 3.07. The van der Waals surface area contributed by atoms with Gasteiger partial charge in [-0.3, -0.25) is 4.99 Å². The van der Waals surface area contributed by atoms with Crippen molar-refractivity contribution in [2.75, 3.05) is 66.7 Å². The Labute approximate surface area is 141 Å². The van der Waals surface area contributed by atoms with E-state index in [0.29, 0.717) is 5.92 Å². The summed E-state index contributed by atoms with van der Waals surface area (Å²) in [6.45, 7) is 7.74. The smallest absolute Gasteiger partial charge is 0.190 e. The highest BCUT2D eigenvalue weighted by Gasteiger charge is 2.17. The molecule has 0 bridgehead atoms. The lowest BCUT2D eigenvalue weighted by molar-refractivity contribution is 0.0888. The number of hydrogen-bond donors (Lipinski definition) is 2. The van der Waals surface area contributed by atoms with Crippen LogP contribution in [0.1, 0.15) is 25.7 Å². The van der Waals surface area contributed by atoms with Crippen LogP contribution < -0.4 is 10.6 Å². The van der Waals surface area contributed by atoms with Gasteiger partial charge >= 0.3 is 0 Å². The summed E-state index contributed by atoms with van der Waals surface area (Å²) in [6, 6.07) is 0. The molecule has 1 unspecified atom stereocenters. The predicted molar refractivity (Wildman–Crippen MR) is 93.9 cm³/mol. The number of aliphatic imine (C=N–C) groups is 1. The molecule has 6 nitrogen and oxygen atoms in total. The molecule has 2 heterocycles. The maximum Gasteiger partial charge on any atom is 0.190 e. The van der Waals surface area contributed by atoms with Crippen molar-refractivity contribution in [3.8, 4) is 0 Å². The lowest BCUT2D eigenvalue weighted by Crippen LogP contribution is -2.42. The third kappa shape index (κ3) is 7.50. The maximum absolute atomic E-state index is 5.71. The summed E-state index contributed by atoms with van der Waals surface area (Å²) in [4.78, 5) is 6.70. The van der Waals surface area contributed by atoms with Crippen LogP contribution >= 0.6 is 0 Å². The van der Waals surface area contributed by atoms with Gasteiger partial charge in [0.15, 0.2) is 5.96 Å². The molecule has 0 aromatic heterocycles. The molecule has 2 rings (SSSR count). The average Bonchev–Trinajstić information content (AvgIpc) is 3.08. The van der Waals surface area contributed by atoms with E-state index < -0.39 is 0 Å². The normalized spacial score (nSPS) is 24.1. The van der Waals surface area contributed by atoms with E-state index in [0.717, 1.165) is 64.2 Å². The quantitative estimate of drug-likeness (QED) is 0.395. The van der Waals surface area contributed by atoms with Crippen molar-refractivity contribution >= 4 is 5.96 Å². The zero-order valence-corrected chi connectivity index (χ0v) is 14.9. The van der Waals surface area contributed by atoms with Gasteiger partial charge in [0.05, 0.1) is 13.2 Å². The molecule has 1 atom stereocenters. The standard InChI is InChI=1S/C17H34N4O2/c1-18-17(20-12-15-4-8-21(2)9-5-15)19-7-3-10-22-13-16-6-11-23-14-16/h15-16H,3-14H2,1-2H3,(H2,18,19,20). The van der Waals surface area contributed by atoms with Crippen molar-refractivity contribution < 1.29 is 9.47 Å². The fraction of sp³-hybridized carbons (Fsp3) is 0.941. The van der Waals surface area contributed by atoms with Crippen LogP contribution in [0.4, 0.5) is 0 Å². The lowest BCUT2D eigenvalue weighted by Gasteiger charge is -2.29. The van der Waals surface area contributed by atoms with Gasteiger partial charge in [0, 0.05) is 39.3 Å². The molecule has 2 N–H and O–H groups in total. The molecule has 2 saturated heterocycles. The first-order valence-corrected chi connectivity index (χ1v) is 9.06. The molecule has 0 saturated carbocycles. The molecule has 0 aromatic rings. The molecule has 2 aliphatic heterocycles. The summed E-state index contributed by atoms with van der Waals surface area (Å²) < 4.78 is 11.1. The van der Waals surface area contributed by atoms with Crippen molar-refractivity contribution in [1.29, 1.82) is 0 Å². The van der Waals surface area contributed by atoms with Crippen molar-refractivity contribution in [1.82, 2.24) is 15.5 Å². The van der Waals surface area contributed by atoms with E-state index >= 15 is 0 Å². The van der Waals surface area contributed by atoms with Gasteiger partial charge < -0.3 is 25.0 Å². The number of piperidine rings is 1. The van der Waals surface area contributed by atoms with Gasteiger partial charge in [-0.2, -0.15) is 0 Å². The maximum atomic E-state index is 5.71. The van der Waals surface area contributed by atoms with Gasteiger partial charge in [-0.15, -0.1) is 0 Å². The Kier molecular flexibility index (Phi) is 8.71. The van der Waals surface area contributed by atoms with Gasteiger partial charge in [0.25, 0.3) is 0 Å². The number of ether oxygens (including phenoxy) is 2. The Balaban J connectivity index is 1.46. The minimum Gasteiger partial charge on any atom is -0.381 e. The van der Waals surface area contributed by atoms with E-state index in [9.17, 15) is 0 Å². The lowest BCUT2D eigenvalue weighted by atomic mass is 9.97. The van der Waals surface area contributed by atoms with Crippen LogP contribution in [0.5, 0.6) is 0 Å². The van der Waals surface area contributed by atoms with E-state index in [1.54, 1.807) is 0 Å². The summed E-state index contributed by atoms with van der Waals surface area (Å²) in [5.41, 5.74) is 0. The van der Waals surface area contributed by atoms with Crippen molar-refractivity contribution in [3.05, 3.63) is 0 Å².